The van der Waals surface area contributed by atoms with Crippen LogP contribution in [0.3, 0.4) is 0 Å². The van der Waals surface area contributed by atoms with Gasteiger partial charge in [0.1, 0.15) is 27.8 Å². The third-order valence-electron chi connectivity index (χ3n) is 8.20. The van der Waals surface area contributed by atoms with Crippen molar-refractivity contribution in [2.75, 3.05) is 44.0 Å². The molecule has 0 aliphatic heterocycles. The Balaban J connectivity index is 0.000000698. The first-order valence-electron chi connectivity index (χ1n) is 16.0. The van der Waals surface area contributed by atoms with Crippen molar-refractivity contribution in [3.8, 4) is 23.0 Å². The molecule has 1 saturated carbocycles. The fourth-order valence-corrected chi connectivity index (χ4v) is 5.21. The standard InChI is InChI=1S/C30H25ClFN3O7.C6H15N/c1-40-24-15-19-21(16-25(24)41-14-10-26(36)37)33-13-9-22(19)42-23-4-2-3-20(27(23)31)35-29(39)30(11-12-30)28(38)34-18-7-5-17(32)6-8-18;1-4-7(5-2)6-3/h2-9,13,15-16H,10-12,14H2,1H3,(H,34,38)(H,35,39)(H,36,37);4-6H2,1-3H3. The maximum atomic E-state index is 13.2. The maximum Gasteiger partial charge on any atom is 0.240 e. The average Bonchev–Trinajstić information content (AvgIpc) is 3.91. The number of amides is 2. The number of quaternary nitrogens is 1. The van der Waals surface area contributed by atoms with E-state index < -0.39 is 29.0 Å². The van der Waals surface area contributed by atoms with Gasteiger partial charge in [0.25, 0.3) is 0 Å². The van der Waals surface area contributed by atoms with Crippen molar-refractivity contribution < 1.29 is 43.0 Å². The van der Waals surface area contributed by atoms with E-state index in [1.807, 2.05) is 0 Å². The van der Waals surface area contributed by atoms with Crippen molar-refractivity contribution >= 4 is 51.7 Å². The Bertz CT molecular complexity index is 1770. The van der Waals surface area contributed by atoms with Crippen LogP contribution in [-0.2, 0) is 14.4 Å². The van der Waals surface area contributed by atoms with Crippen molar-refractivity contribution in [3.05, 3.63) is 77.7 Å². The molecule has 49 heavy (non-hydrogen) atoms. The second kappa shape index (κ2) is 16.9. The average molecular weight is 695 g/mol. The number of methoxy groups -OCH3 is 1. The molecule has 1 aromatic heterocycles. The number of carboxylic acid groups (broad SMARTS) is 1. The van der Waals surface area contributed by atoms with Gasteiger partial charge in [-0.15, -0.1) is 0 Å². The molecule has 0 saturated heterocycles. The number of carbonyl (C=O) groups is 3. The predicted octanol–water partition coefficient (Wildman–Crippen LogP) is 4.64. The molecule has 0 bridgehead atoms. The number of anilines is 2. The number of nitrogens with zero attached hydrogens (tertiary/aromatic N) is 1. The summed E-state index contributed by atoms with van der Waals surface area (Å²) in [7, 11) is 1.44. The van der Waals surface area contributed by atoms with Crippen molar-refractivity contribution in [3.63, 3.8) is 0 Å². The minimum absolute atomic E-state index is 0.107. The zero-order valence-corrected chi connectivity index (χ0v) is 28.6. The van der Waals surface area contributed by atoms with Crippen LogP contribution in [0.4, 0.5) is 15.8 Å². The zero-order chi connectivity index (χ0) is 35.6. The van der Waals surface area contributed by atoms with Gasteiger partial charge in [-0.3, -0.25) is 14.6 Å². The number of fused-ring (bicyclic) bond motifs is 1. The lowest BCUT2D eigenvalue weighted by molar-refractivity contribution is -0.894. The summed E-state index contributed by atoms with van der Waals surface area (Å²) in [5, 5.41) is 16.8. The number of halogens is 2. The van der Waals surface area contributed by atoms with Crippen LogP contribution < -0.4 is 34.9 Å². The minimum Gasteiger partial charge on any atom is -0.550 e. The van der Waals surface area contributed by atoms with Gasteiger partial charge < -0.3 is 39.6 Å². The Hall–Kier alpha value is -4.94. The van der Waals surface area contributed by atoms with Gasteiger partial charge in [-0.25, -0.2) is 4.39 Å². The van der Waals surface area contributed by atoms with Gasteiger partial charge in [0.2, 0.25) is 11.8 Å². The van der Waals surface area contributed by atoms with Gasteiger partial charge in [-0.2, -0.15) is 0 Å². The van der Waals surface area contributed by atoms with Crippen molar-refractivity contribution in [2.45, 2.75) is 40.0 Å². The van der Waals surface area contributed by atoms with E-state index in [4.69, 9.17) is 25.8 Å². The van der Waals surface area contributed by atoms with E-state index >= 15 is 0 Å². The first-order chi connectivity index (χ1) is 23.5. The molecular weight excluding hydrogens is 655 g/mol. The Morgan fingerprint density at radius 1 is 0.918 bits per heavy atom. The van der Waals surface area contributed by atoms with E-state index in [0.717, 1.165) is 0 Å². The predicted molar refractivity (Wildman–Crippen MR) is 183 cm³/mol. The van der Waals surface area contributed by atoms with Crippen molar-refractivity contribution in [1.29, 1.82) is 0 Å². The highest BCUT2D eigenvalue weighted by atomic mass is 35.5. The van der Waals surface area contributed by atoms with E-state index in [1.54, 1.807) is 41.3 Å². The summed E-state index contributed by atoms with van der Waals surface area (Å²) >= 11 is 6.63. The Morgan fingerprint density at radius 2 is 1.59 bits per heavy atom. The molecule has 1 heterocycles. The van der Waals surface area contributed by atoms with Gasteiger partial charge >= 0.3 is 0 Å². The highest BCUT2D eigenvalue weighted by Gasteiger charge is 2.56. The summed E-state index contributed by atoms with van der Waals surface area (Å²) in [4.78, 5) is 42.9. The SMILES string of the molecule is CC[NH+](CC)CC.COc1cc2c(Oc3cccc(NC(=O)C4(C(=O)Nc5ccc(F)cc5)CC4)c3Cl)ccnc2cc1OCCC(=O)[O-]. The fourth-order valence-electron chi connectivity index (χ4n) is 5.00. The Kier molecular flexibility index (Phi) is 12.8. The molecule has 13 heteroatoms. The summed E-state index contributed by atoms with van der Waals surface area (Å²) in [6, 6.07) is 15.0. The topological polar surface area (TPSA) is 143 Å². The first kappa shape index (κ1) is 36.9. The van der Waals surface area contributed by atoms with E-state index in [-0.39, 0.29) is 29.5 Å². The fraction of sp³-hybridized carbons (Fsp3) is 0.333. The van der Waals surface area contributed by atoms with Crippen LogP contribution in [0.5, 0.6) is 23.0 Å². The molecule has 3 aromatic carbocycles. The zero-order valence-electron chi connectivity index (χ0n) is 27.9. The van der Waals surface area contributed by atoms with Crippen LogP contribution in [0.1, 0.15) is 40.0 Å². The van der Waals surface area contributed by atoms with Gasteiger partial charge in [-0.1, -0.05) is 17.7 Å². The molecule has 260 valence electrons. The number of hydrogen-bond donors (Lipinski definition) is 3. The van der Waals surface area contributed by atoms with E-state index in [9.17, 15) is 23.9 Å². The lowest BCUT2D eigenvalue weighted by Crippen LogP contribution is -3.11. The van der Waals surface area contributed by atoms with E-state index in [1.165, 1.54) is 57.2 Å². The van der Waals surface area contributed by atoms with Crippen LogP contribution in [0.2, 0.25) is 5.02 Å². The lowest BCUT2D eigenvalue weighted by Gasteiger charge is -2.18. The molecule has 1 aliphatic rings. The van der Waals surface area contributed by atoms with Crippen molar-refractivity contribution in [1.82, 2.24) is 4.98 Å². The van der Waals surface area contributed by atoms with Crippen LogP contribution in [0, 0.1) is 11.2 Å². The quantitative estimate of drug-likeness (QED) is 0.162. The van der Waals surface area contributed by atoms with Gasteiger partial charge in [-0.05, 0) is 82.1 Å². The monoisotopic (exact) mass is 694 g/mol. The summed E-state index contributed by atoms with van der Waals surface area (Å²) in [5.74, 6) is -1.44. The molecule has 11 nitrogen and oxygen atoms in total. The third kappa shape index (κ3) is 9.36. The highest BCUT2D eigenvalue weighted by molar-refractivity contribution is 6.35. The third-order valence-corrected chi connectivity index (χ3v) is 8.59. The van der Waals surface area contributed by atoms with Crippen LogP contribution in [0.15, 0.2) is 66.9 Å². The molecule has 2 amide bonds. The minimum atomic E-state index is -1.27. The van der Waals surface area contributed by atoms with E-state index in [0.29, 0.717) is 46.7 Å². The largest absolute Gasteiger partial charge is 0.550 e. The van der Waals surface area contributed by atoms with Gasteiger partial charge in [0.15, 0.2) is 11.5 Å². The molecule has 0 radical (unpaired) electrons. The Labute approximate surface area is 289 Å². The molecule has 5 rings (SSSR count). The number of carbonyl (C=O) groups excluding carboxylic acids is 3. The molecule has 4 aromatic rings. The second-order valence-electron chi connectivity index (χ2n) is 11.3. The van der Waals surface area contributed by atoms with Crippen LogP contribution in [-0.4, -0.2) is 56.1 Å². The molecular formula is C36H40ClFN4O7. The molecule has 0 unspecified atom stereocenters. The molecule has 1 fully saturated rings. The number of pyridine rings is 1. The van der Waals surface area contributed by atoms with Gasteiger partial charge in [0.05, 0.1) is 44.6 Å². The summed E-state index contributed by atoms with van der Waals surface area (Å²) in [6.45, 7) is 10.4. The lowest BCUT2D eigenvalue weighted by atomic mass is 10.0. The number of aromatic nitrogens is 1. The number of hydrogen-bond acceptors (Lipinski definition) is 8. The first-order valence-corrected chi connectivity index (χ1v) is 16.4. The number of aliphatic carboxylic acids is 1. The molecule has 0 atom stereocenters. The summed E-state index contributed by atoms with van der Waals surface area (Å²) in [5.41, 5.74) is -0.154. The normalized spacial score (nSPS) is 12.8. The van der Waals surface area contributed by atoms with E-state index in [2.05, 4.69) is 36.4 Å². The Morgan fingerprint density at radius 3 is 2.18 bits per heavy atom. The number of nitrogens with one attached hydrogen (secondary N) is 3. The van der Waals surface area contributed by atoms with Crippen LogP contribution >= 0.6 is 11.6 Å². The molecule has 0 spiro atoms. The smallest absolute Gasteiger partial charge is 0.240 e. The number of benzene rings is 3. The summed E-state index contributed by atoms with van der Waals surface area (Å²) < 4.78 is 30.3. The molecule has 1 aliphatic carbocycles. The number of carboxylic acids is 1. The van der Waals surface area contributed by atoms with Gasteiger partial charge in [0, 0.05) is 35.7 Å². The number of rotatable bonds is 14. The molecule has 3 N–H and O–H groups in total. The number of ether oxygens (including phenoxy) is 3. The van der Waals surface area contributed by atoms with Crippen LogP contribution in [0.25, 0.3) is 10.9 Å². The highest BCUT2D eigenvalue weighted by Crippen LogP contribution is 2.48. The maximum absolute atomic E-state index is 13.2. The second-order valence-corrected chi connectivity index (χ2v) is 11.7. The van der Waals surface area contributed by atoms with Crippen molar-refractivity contribution in [2.24, 2.45) is 5.41 Å². The summed E-state index contributed by atoms with van der Waals surface area (Å²) in [6.07, 6.45) is 1.93.